The van der Waals surface area contributed by atoms with Gasteiger partial charge in [-0.05, 0) is 67.3 Å². The Bertz CT molecular complexity index is 1480. The number of nitrogens with zero attached hydrogens (tertiary/aromatic N) is 2. The van der Waals surface area contributed by atoms with Gasteiger partial charge in [-0.15, -0.1) is 11.3 Å². The Morgan fingerprint density at radius 2 is 1.81 bits per heavy atom. The zero-order valence-electron chi connectivity index (χ0n) is 19.6. The van der Waals surface area contributed by atoms with Crippen molar-refractivity contribution in [1.82, 2.24) is 15.1 Å². The van der Waals surface area contributed by atoms with Crippen LogP contribution in [-0.4, -0.2) is 48.6 Å². The molecule has 0 atom stereocenters. The molecule has 2 aromatic carbocycles. The van der Waals surface area contributed by atoms with Gasteiger partial charge in [-0.1, -0.05) is 35.9 Å². The molecule has 10 heteroatoms. The number of hydrogen-bond acceptors (Lipinski definition) is 6. The van der Waals surface area contributed by atoms with Crippen molar-refractivity contribution >= 4 is 38.7 Å². The molecule has 0 radical (unpaired) electrons. The highest BCUT2D eigenvalue weighted by atomic mass is 35.5. The third-order valence-electron chi connectivity index (χ3n) is 5.55. The van der Waals surface area contributed by atoms with Gasteiger partial charge < -0.3 is 10.4 Å². The van der Waals surface area contributed by atoms with Crippen LogP contribution in [0.5, 0.6) is 0 Å². The number of aliphatic hydroxyl groups is 1. The molecule has 0 unspecified atom stereocenters. The summed E-state index contributed by atoms with van der Waals surface area (Å²) in [5.41, 5.74) is 2.40. The lowest BCUT2D eigenvalue weighted by molar-refractivity contribution is 0.0947. The van der Waals surface area contributed by atoms with Crippen LogP contribution >= 0.6 is 22.9 Å². The van der Waals surface area contributed by atoms with Gasteiger partial charge in [0.05, 0.1) is 26.2 Å². The first-order valence-electron chi connectivity index (χ1n) is 11.4. The molecule has 0 spiro atoms. The van der Waals surface area contributed by atoms with E-state index in [2.05, 4.69) is 10.4 Å². The molecule has 4 rings (SSSR count). The number of sulfone groups is 1. The molecular weight excluding hydrogens is 518 g/mol. The number of rotatable bonds is 10. The summed E-state index contributed by atoms with van der Waals surface area (Å²) < 4.78 is 25.7. The van der Waals surface area contributed by atoms with Crippen LogP contribution in [0.15, 0.2) is 71.6 Å². The number of carbonyl (C=O) groups is 1. The Kier molecular flexibility index (Phi) is 8.25. The SMILES string of the molecule is CS(=O)(=O)c1cccc(-c2ccc(-c3cc(C(=O)NCCCCCO)nn3-c3ccccc3Cl)s2)c1. The minimum absolute atomic E-state index is 0.140. The highest BCUT2D eigenvalue weighted by Crippen LogP contribution is 2.37. The normalized spacial score (nSPS) is 11.5. The summed E-state index contributed by atoms with van der Waals surface area (Å²) in [6.45, 7) is 0.633. The van der Waals surface area contributed by atoms with Gasteiger partial charge >= 0.3 is 0 Å². The van der Waals surface area contributed by atoms with Crippen molar-refractivity contribution in [1.29, 1.82) is 0 Å². The van der Waals surface area contributed by atoms with E-state index in [0.717, 1.165) is 28.2 Å². The van der Waals surface area contributed by atoms with Crippen molar-refractivity contribution in [3.8, 4) is 26.7 Å². The Labute approximate surface area is 219 Å². The fourth-order valence-corrected chi connectivity index (χ4v) is 5.58. The predicted molar refractivity (Wildman–Crippen MR) is 144 cm³/mol. The molecule has 0 bridgehead atoms. The highest BCUT2D eigenvalue weighted by Gasteiger charge is 2.20. The number of hydrogen-bond donors (Lipinski definition) is 2. The summed E-state index contributed by atoms with van der Waals surface area (Å²) in [6, 6.07) is 19.7. The van der Waals surface area contributed by atoms with Crippen LogP contribution < -0.4 is 5.32 Å². The maximum absolute atomic E-state index is 12.8. The minimum Gasteiger partial charge on any atom is -0.396 e. The van der Waals surface area contributed by atoms with Crippen LogP contribution in [0.25, 0.3) is 26.7 Å². The molecule has 1 amide bonds. The molecule has 2 aromatic heterocycles. The van der Waals surface area contributed by atoms with Crippen LogP contribution in [0, 0.1) is 0 Å². The number of nitrogens with one attached hydrogen (secondary N) is 1. The van der Waals surface area contributed by atoms with Crippen molar-refractivity contribution in [3.63, 3.8) is 0 Å². The number of amides is 1. The van der Waals surface area contributed by atoms with Crippen LogP contribution in [-0.2, 0) is 9.84 Å². The largest absolute Gasteiger partial charge is 0.396 e. The van der Waals surface area contributed by atoms with E-state index >= 15 is 0 Å². The first-order chi connectivity index (χ1) is 17.3. The van der Waals surface area contributed by atoms with Crippen molar-refractivity contribution in [2.75, 3.05) is 19.4 Å². The van der Waals surface area contributed by atoms with Gasteiger partial charge in [-0.25, -0.2) is 13.1 Å². The Balaban J connectivity index is 1.69. The first-order valence-corrected chi connectivity index (χ1v) is 14.5. The van der Waals surface area contributed by atoms with Gasteiger partial charge in [-0.3, -0.25) is 4.79 Å². The molecule has 7 nitrogen and oxygen atoms in total. The number of para-hydroxylation sites is 1. The van der Waals surface area contributed by atoms with E-state index in [1.807, 2.05) is 36.4 Å². The van der Waals surface area contributed by atoms with Gasteiger partial charge in [-0.2, -0.15) is 5.10 Å². The Morgan fingerprint density at radius 3 is 2.56 bits per heavy atom. The summed E-state index contributed by atoms with van der Waals surface area (Å²) in [4.78, 5) is 14.8. The molecule has 0 saturated carbocycles. The smallest absolute Gasteiger partial charge is 0.271 e. The summed E-state index contributed by atoms with van der Waals surface area (Å²) >= 11 is 7.94. The first kappa shape index (κ1) is 26.1. The molecule has 4 aromatic rings. The van der Waals surface area contributed by atoms with E-state index in [4.69, 9.17) is 16.7 Å². The second-order valence-electron chi connectivity index (χ2n) is 8.28. The number of aliphatic hydroxyl groups excluding tert-OH is 1. The number of benzene rings is 2. The van der Waals surface area contributed by atoms with Gasteiger partial charge in [0.15, 0.2) is 15.5 Å². The van der Waals surface area contributed by atoms with Gasteiger partial charge in [0.1, 0.15) is 0 Å². The standard InChI is InChI=1S/C26H26ClN3O4S2/c1-36(33,34)19-9-7-8-18(16-19)24-12-13-25(35-24)23-17-21(26(32)28-14-5-2-6-15-31)29-30(23)22-11-4-3-10-20(22)27/h3-4,7-13,16-17,31H,2,5-6,14-15H2,1H3,(H,28,32). The Morgan fingerprint density at radius 1 is 1.03 bits per heavy atom. The van der Waals surface area contributed by atoms with Crippen LogP contribution in [0.1, 0.15) is 29.8 Å². The van der Waals surface area contributed by atoms with Crippen molar-refractivity contribution in [2.45, 2.75) is 24.2 Å². The predicted octanol–water partition coefficient (Wildman–Crippen LogP) is 5.22. The highest BCUT2D eigenvalue weighted by molar-refractivity contribution is 7.90. The molecule has 2 N–H and O–H groups in total. The monoisotopic (exact) mass is 543 g/mol. The number of aromatic nitrogens is 2. The fraction of sp³-hybridized carbons (Fsp3) is 0.231. The lowest BCUT2D eigenvalue weighted by Crippen LogP contribution is -2.25. The molecule has 0 aliphatic heterocycles. The zero-order valence-corrected chi connectivity index (χ0v) is 22.0. The van der Waals surface area contributed by atoms with Crippen LogP contribution in [0.3, 0.4) is 0 Å². The van der Waals surface area contributed by atoms with E-state index in [9.17, 15) is 13.2 Å². The molecule has 0 aliphatic rings. The summed E-state index contributed by atoms with van der Waals surface area (Å²) in [5.74, 6) is -0.288. The lowest BCUT2D eigenvalue weighted by atomic mass is 10.2. The van der Waals surface area contributed by atoms with Crippen LogP contribution in [0.2, 0.25) is 5.02 Å². The Hall–Kier alpha value is -2.98. The number of carbonyl (C=O) groups excluding carboxylic acids is 1. The number of unbranched alkanes of at least 4 members (excludes halogenated alkanes) is 2. The van der Waals surface area contributed by atoms with Gasteiger partial charge in [0.25, 0.3) is 5.91 Å². The summed E-state index contributed by atoms with van der Waals surface area (Å²) in [5, 5.41) is 16.9. The van der Waals surface area contributed by atoms with E-state index in [1.165, 1.54) is 17.6 Å². The van der Waals surface area contributed by atoms with Gasteiger partial charge in [0.2, 0.25) is 0 Å². The van der Waals surface area contributed by atoms with E-state index in [-0.39, 0.29) is 23.1 Å². The molecular formula is C26H26ClN3O4S2. The topological polar surface area (TPSA) is 101 Å². The molecule has 188 valence electrons. The maximum atomic E-state index is 12.8. The third kappa shape index (κ3) is 6.04. The molecule has 0 saturated heterocycles. The maximum Gasteiger partial charge on any atom is 0.271 e. The van der Waals surface area contributed by atoms with Crippen molar-refractivity contribution < 1.29 is 18.3 Å². The van der Waals surface area contributed by atoms with E-state index in [0.29, 0.717) is 29.4 Å². The summed E-state index contributed by atoms with van der Waals surface area (Å²) in [6.07, 6.45) is 3.49. The van der Waals surface area contributed by atoms with Crippen LogP contribution in [0.4, 0.5) is 0 Å². The molecule has 36 heavy (non-hydrogen) atoms. The average molecular weight is 544 g/mol. The zero-order chi connectivity index (χ0) is 25.7. The van der Waals surface area contributed by atoms with Gasteiger partial charge in [0, 0.05) is 24.3 Å². The number of halogens is 1. The quantitative estimate of drug-likeness (QED) is 0.267. The van der Waals surface area contributed by atoms with E-state index in [1.54, 1.807) is 35.0 Å². The van der Waals surface area contributed by atoms with Crippen molar-refractivity contribution in [3.05, 3.63) is 77.4 Å². The summed E-state index contributed by atoms with van der Waals surface area (Å²) in [7, 11) is -3.33. The third-order valence-corrected chi connectivity index (χ3v) is 8.13. The molecule has 0 fully saturated rings. The minimum atomic E-state index is -3.33. The lowest BCUT2D eigenvalue weighted by Gasteiger charge is -2.08. The fourth-order valence-electron chi connectivity index (χ4n) is 3.69. The molecule has 0 aliphatic carbocycles. The number of thiophene rings is 1. The van der Waals surface area contributed by atoms with Crippen molar-refractivity contribution in [2.24, 2.45) is 0 Å². The second kappa shape index (κ2) is 11.4. The van der Waals surface area contributed by atoms with E-state index < -0.39 is 9.84 Å². The average Bonchev–Trinajstić information content (AvgIpc) is 3.51. The molecule has 2 heterocycles. The second-order valence-corrected chi connectivity index (χ2v) is 11.8.